The van der Waals surface area contributed by atoms with Crippen molar-refractivity contribution in [2.75, 3.05) is 6.54 Å². The maximum absolute atomic E-state index is 12.2. The van der Waals surface area contributed by atoms with Crippen LogP contribution in [0.2, 0.25) is 0 Å². The lowest BCUT2D eigenvalue weighted by Gasteiger charge is -2.13. The van der Waals surface area contributed by atoms with Gasteiger partial charge in [0.1, 0.15) is 5.82 Å². The van der Waals surface area contributed by atoms with Crippen molar-refractivity contribution in [2.24, 2.45) is 0 Å². The summed E-state index contributed by atoms with van der Waals surface area (Å²) in [5.41, 5.74) is 1.16. The predicted octanol–water partition coefficient (Wildman–Crippen LogP) is 2.53. The summed E-state index contributed by atoms with van der Waals surface area (Å²) in [6.45, 7) is 4.70. The zero-order valence-corrected chi connectivity index (χ0v) is 15.8. The third kappa shape index (κ3) is 4.63. The van der Waals surface area contributed by atoms with Crippen molar-refractivity contribution in [3.63, 3.8) is 0 Å². The van der Waals surface area contributed by atoms with Crippen molar-refractivity contribution in [2.45, 2.75) is 49.6 Å². The third-order valence-electron chi connectivity index (χ3n) is 4.10. The summed E-state index contributed by atoms with van der Waals surface area (Å²) in [7, 11) is 0. The van der Waals surface area contributed by atoms with Crippen LogP contribution < -0.4 is 10.6 Å². The van der Waals surface area contributed by atoms with Gasteiger partial charge in [-0.1, -0.05) is 42.1 Å². The van der Waals surface area contributed by atoms with Gasteiger partial charge in [0.2, 0.25) is 5.91 Å². The Morgan fingerprint density at radius 2 is 2.00 bits per heavy atom. The summed E-state index contributed by atoms with van der Waals surface area (Å²) in [6.07, 6.45) is 2.26. The minimum Gasteiger partial charge on any atom is -0.338 e. The molecule has 2 aromatic rings. The first-order chi connectivity index (χ1) is 12.6. The molecule has 1 heterocycles. The van der Waals surface area contributed by atoms with Gasteiger partial charge in [0, 0.05) is 12.5 Å². The normalized spacial score (nSPS) is 14.7. The molecule has 1 fully saturated rings. The summed E-state index contributed by atoms with van der Waals surface area (Å²) in [5.74, 6) is 1.09. The highest BCUT2D eigenvalue weighted by molar-refractivity contribution is 8.00. The van der Waals surface area contributed by atoms with E-state index in [1.807, 2.05) is 18.2 Å². The van der Waals surface area contributed by atoms with Crippen LogP contribution in [0.5, 0.6) is 0 Å². The van der Waals surface area contributed by atoms with Crippen LogP contribution in [-0.2, 0) is 11.3 Å². The monoisotopic (exact) mass is 373 g/mol. The highest BCUT2D eigenvalue weighted by Crippen LogP contribution is 2.40. The molecule has 7 nitrogen and oxygen atoms in total. The van der Waals surface area contributed by atoms with E-state index in [0.29, 0.717) is 24.2 Å². The Kier molecular flexibility index (Phi) is 5.92. The van der Waals surface area contributed by atoms with Crippen molar-refractivity contribution in [1.29, 1.82) is 0 Å². The Bertz CT molecular complexity index is 773. The van der Waals surface area contributed by atoms with E-state index in [-0.39, 0.29) is 5.91 Å². The number of nitrogens with one attached hydrogen (secondary N) is 2. The van der Waals surface area contributed by atoms with E-state index in [1.54, 1.807) is 13.8 Å². The zero-order chi connectivity index (χ0) is 18.5. The Labute approximate surface area is 157 Å². The Balaban J connectivity index is 1.73. The number of hydrogen-bond donors (Lipinski definition) is 2. The van der Waals surface area contributed by atoms with Gasteiger partial charge in [-0.3, -0.25) is 10.1 Å². The second kappa shape index (κ2) is 8.35. The second-order valence-corrected chi connectivity index (χ2v) is 7.60. The topological polar surface area (TPSA) is 88.9 Å². The van der Waals surface area contributed by atoms with Crippen molar-refractivity contribution >= 4 is 23.7 Å². The van der Waals surface area contributed by atoms with E-state index in [2.05, 4.69) is 37.5 Å². The molecule has 1 aromatic heterocycles. The average Bonchev–Trinajstić information content (AvgIpc) is 3.40. The first kappa shape index (κ1) is 18.4. The second-order valence-electron chi connectivity index (χ2n) is 6.30. The molecule has 0 saturated heterocycles. The minimum absolute atomic E-state index is 0.344. The average molecular weight is 373 g/mol. The van der Waals surface area contributed by atoms with E-state index in [0.717, 1.165) is 24.2 Å². The van der Waals surface area contributed by atoms with Crippen LogP contribution in [0, 0.1) is 0 Å². The molecule has 1 aliphatic rings. The largest absolute Gasteiger partial charge is 0.338 e. The predicted molar refractivity (Wildman–Crippen MR) is 100 cm³/mol. The van der Waals surface area contributed by atoms with E-state index in [9.17, 15) is 9.59 Å². The van der Waals surface area contributed by atoms with Gasteiger partial charge in [0.15, 0.2) is 5.16 Å². The van der Waals surface area contributed by atoms with Crippen molar-refractivity contribution in [1.82, 2.24) is 25.4 Å². The zero-order valence-electron chi connectivity index (χ0n) is 14.9. The van der Waals surface area contributed by atoms with Gasteiger partial charge < -0.3 is 9.88 Å². The molecule has 0 bridgehead atoms. The number of carbonyl (C=O) groups is 2. The lowest BCUT2D eigenvalue weighted by atomic mass is 10.2. The first-order valence-corrected chi connectivity index (χ1v) is 9.68. The number of amides is 3. The highest BCUT2D eigenvalue weighted by atomic mass is 32.2. The molecule has 1 atom stereocenters. The number of urea groups is 1. The number of aromatic nitrogens is 3. The highest BCUT2D eigenvalue weighted by Gasteiger charge is 2.31. The summed E-state index contributed by atoms with van der Waals surface area (Å²) < 4.78 is 2.09. The molecule has 1 aliphatic carbocycles. The van der Waals surface area contributed by atoms with Crippen LogP contribution in [-0.4, -0.2) is 38.5 Å². The van der Waals surface area contributed by atoms with Gasteiger partial charge in [-0.25, -0.2) is 4.79 Å². The quantitative estimate of drug-likeness (QED) is 0.728. The fourth-order valence-electron chi connectivity index (χ4n) is 2.58. The van der Waals surface area contributed by atoms with Crippen LogP contribution in [0.1, 0.15) is 44.0 Å². The van der Waals surface area contributed by atoms with Gasteiger partial charge in [-0.2, -0.15) is 0 Å². The summed E-state index contributed by atoms with van der Waals surface area (Å²) in [5, 5.41) is 13.8. The summed E-state index contributed by atoms with van der Waals surface area (Å²) in [6, 6.07) is 9.65. The number of benzene rings is 1. The van der Waals surface area contributed by atoms with Crippen LogP contribution >= 0.6 is 11.8 Å². The molecule has 1 unspecified atom stereocenters. The molecule has 8 heteroatoms. The van der Waals surface area contributed by atoms with E-state index in [1.165, 1.54) is 11.8 Å². The molecule has 138 valence electrons. The number of nitrogens with zero attached hydrogens (tertiary/aromatic N) is 3. The van der Waals surface area contributed by atoms with Crippen molar-refractivity contribution < 1.29 is 9.59 Å². The maximum atomic E-state index is 12.2. The molecule has 1 saturated carbocycles. The standard InChI is InChI=1S/C18H23N5O2S/c1-3-19-17(25)20-16(24)12(2)26-18-22-21-15(14-9-10-14)23(18)11-13-7-5-4-6-8-13/h4-8,12,14H,3,9-11H2,1-2H3,(H2,19,20,24,25). The fraction of sp³-hybridized carbons (Fsp3) is 0.444. The van der Waals surface area contributed by atoms with Crippen molar-refractivity contribution in [3.8, 4) is 0 Å². The van der Waals surface area contributed by atoms with Crippen LogP contribution in [0.25, 0.3) is 0 Å². The van der Waals surface area contributed by atoms with Crippen molar-refractivity contribution in [3.05, 3.63) is 41.7 Å². The van der Waals surface area contributed by atoms with E-state index < -0.39 is 11.3 Å². The SMILES string of the molecule is CCNC(=O)NC(=O)C(C)Sc1nnc(C2CC2)n1Cc1ccccc1. The number of thioether (sulfide) groups is 1. The molecule has 0 spiro atoms. The van der Waals surface area contributed by atoms with Gasteiger partial charge in [0.05, 0.1) is 11.8 Å². The number of rotatable bonds is 7. The van der Waals surface area contributed by atoms with E-state index >= 15 is 0 Å². The summed E-state index contributed by atoms with van der Waals surface area (Å²) in [4.78, 5) is 23.7. The number of carbonyl (C=O) groups excluding carboxylic acids is 2. The maximum Gasteiger partial charge on any atom is 0.321 e. The molecule has 0 radical (unpaired) electrons. The van der Waals surface area contributed by atoms with Crippen LogP contribution in [0.4, 0.5) is 4.79 Å². The van der Waals surface area contributed by atoms with E-state index in [4.69, 9.17) is 0 Å². The molecule has 2 N–H and O–H groups in total. The van der Waals surface area contributed by atoms with Gasteiger partial charge >= 0.3 is 6.03 Å². The molecule has 0 aliphatic heterocycles. The summed E-state index contributed by atoms with van der Waals surface area (Å²) >= 11 is 1.32. The van der Waals surface area contributed by atoms with Gasteiger partial charge in [-0.05, 0) is 32.3 Å². The molecule has 1 aromatic carbocycles. The number of hydrogen-bond acceptors (Lipinski definition) is 5. The molecular weight excluding hydrogens is 350 g/mol. The molecule has 3 rings (SSSR count). The molecule has 26 heavy (non-hydrogen) atoms. The smallest absolute Gasteiger partial charge is 0.321 e. The van der Waals surface area contributed by atoms with Gasteiger partial charge in [-0.15, -0.1) is 10.2 Å². The fourth-order valence-corrected chi connectivity index (χ4v) is 3.43. The third-order valence-corrected chi connectivity index (χ3v) is 5.18. The van der Waals surface area contributed by atoms with Crippen LogP contribution in [0.3, 0.4) is 0 Å². The Morgan fingerprint density at radius 3 is 2.65 bits per heavy atom. The Morgan fingerprint density at radius 1 is 1.27 bits per heavy atom. The lowest BCUT2D eigenvalue weighted by molar-refractivity contribution is -0.119. The first-order valence-electron chi connectivity index (χ1n) is 8.80. The van der Waals surface area contributed by atoms with Crippen LogP contribution in [0.15, 0.2) is 35.5 Å². The Hall–Kier alpha value is -2.35. The van der Waals surface area contributed by atoms with Gasteiger partial charge in [0.25, 0.3) is 0 Å². The number of imide groups is 1. The molecule has 3 amide bonds. The lowest BCUT2D eigenvalue weighted by Crippen LogP contribution is -2.42. The minimum atomic E-state index is -0.477. The molecular formula is C18H23N5O2S.